The molecule has 0 unspecified atom stereocenters. The standard InChI is InChI=1S/C21H19N2O4.HI/c1-12-22(2)18-19(23(12)11-17-26-7-8-27-17)21(25)16-10-14-6-4-3-5-13(14)9-15(16)20(18)24;/h3-6,9-10,17H,7-8,11H2,1-2H3;1H/q+1;/p-1. The van der Waals surface area contributed by atoms with E-state index >= 15 is 0 Å². The number of fused-ring (bicyclic) bond motifs is 3. The zero-order valence-corrected chi connectivity index (χ0v) is 17.7. The normalized spacial score (nSPS) is 16.2. The van der Waals surface area contributed by atoms with Crippen molar-refractivity contribution in [3.63, 3.8) is 0 Å². The fraction of sp³-hybridized carbons (Fsp3) is 0.286. The first-order valence-corrected chi connectivity index (χ1v) is 9.01. The van der Waals surface area contributed by atoms with Crippen LogP contribution in [0.1, 0.15) is 37.9 Å². The fourth-order valence-corrected chi connectivity index (χ4v) is 4.04. The quantitative estimate of drug-likeness (QED) is 0.265. The summed E-state index contributed by atoms with van der Waals surface area (Å²) in [5.74, 6) is 0.563. The van der Waals surface area contributed by atoms with Crippen molar-refractivity contribution in [3.8, 4) is 0 Å². The number of ketones is 2. The van der Waals surface area contributed by atoms with E-state index in [9.17, 15) is 9.59 Å². The Morgan fingerprint density at radius 3 is 2.21 bits per heavy atom. The molecule has 2 heterocycles. The second-order valence-electron chi connectivity index (χ2n) is 6.99. The number of carbonyl (C=O) groups is 2. The number of nitrogens with zero attached hydrogens (tertiary/aromatic N) is 2. The van der Waals surface area contributed by atoms with Crippen LogP contribution >= 0.6 is 0 Å². The molecule has 2 aromatic carbocycles. The molecule has 0 amide bonds. The lowest BCUT2D eigenvalue weighted by atomic mass is 9.87. The molecule has 144 valence electrons. The third-order valence-electron chi connectivity index (χ3n) is 5.53. The second kappa shape index (κ2) is 7.06. The summed E-state index contributed by atoms with van der Waals surface area (Å²) in [7, 11) is 1.82. The van der Waals surface area contributed by atoms with Gasteiger partial charge in [0.25, 0.3) is 5.82 Å². The topological polar surface area (TPSA) is 61.4 Å². The molecule has 0 bridgehead atoms. The molecule has 0 N–H and O–H groups in total. The number of benzene rings is 2. The molecule has 7 heteroatoms. The molecule has 0 saturated carbocycles. The minimum atomic E-state index is -0.402. The maximum absolute atomic E-state index is 13.4. The van der Waals surface area contributed by atoms with Gasteiger partial charge in [-0.15, -0.1) is 0 Å². The van der Waals surface area contributed by atoms with Gasteiger partial charge in [0.1, 0.15) is 6.54 Å². The Labute approximate surface area is 179 Å². The van der Waals surface area contributed by atoms with Crippen LogP contribution in [0, 0.1) is 6.92 Å². The van der Waals surface area contributed by atoms with E-state index in [1.807, 2.05) is 54.9 Å². The van der Waals surface area contributed by atoms with Crippen molar-refractivity contribution in [2.75, 3.05) is 13.2 Å². The van der Waals surface area contributed by atoms with Gasteiger partial charge in [-0.2, -0.15) is 0 Å². The van der Waals surface area contributed by atoms with Crippen LogP contribution in [0.5, 0.6) is 0 Å². The van der Waals surface area contributed by atoms with Crippen LogP contribution in [0.15, 0.2) is 36.4 Å². The van der Waals surface area contributed by atoms with Crippen molar-refractivity contribution < 1.29 is 47.6 Å². The maximum atomic E-state index is 13.4. The van der Waals surface area contributed by atoms with Crippen molar-refractivity contribution in [3.05, 3.63) is 64.7 Å². The summed E-state index contributed by atoms with van der Waals surface area (Å²) in [4.78, 5) is 26.7. The number of hydrogen-bond acceptors (Lipinski definition) is 4. The van der Waals surface area contributed by atoms with Crippen molar-refractivity contribution in [1.82, 2.24) is 4.57 Å². The highest BCUT2D eigenvalue weighted by molar-refractivity contribution is 6.27. The van der Waals surface area contributed by atoms with Gasteiger partial charge in [0.2, 0.25) is 23.0 Å². The average molecular weight is 490 g/mol. The molecule has 2 aliphatic rings. The minimum absolute atomic E-state index is 0. The van der Waals surface area contributed by atoms with Crippen molar-refractivity contribution in [2.45, 2.75) is 19.8 Å². The van der Waals surface area contributed by atoms with Crippen LogP contribution in [0.4, 0.5) is 0 Å². The molecule has 6 nitrogen and oxygen atoms in total. The van der Waals surface area contributed by atoms with E-state index in [0.717, 1.165) is 16.6 Å². The Hall–Kier alpha value is -2.10. The molecule has 3 aromatic rings. The first kappa shape index (κ1) is 19.2. The molecular formula is C21H19IN2O4. The molecule has 1 saturated heterocycles. The van der Waals surface area contributed by atoms with Gasteiger partial charge in [0.05, 0.1) is 20.3 Å². The molecule has 1 aliphatic carbocycles. The highest BCUT2D eigenvalue weighted by Crippen LogP contribution is 2.30. The smallest absolute Gasteiger partial charge is 0.254 e. The van der Waals surface area contributed by atoms with Gasteiger partial charge in [0.15, 0.2) is 6.29 Å². The summed E-state index contributed by atoms with van der Waals surface area (Å²) < 4.78 is 14.8. The Morgan fingerprint density at radius 2 is 1.61 bits per heavy atom. The van der Waals surface area contributed by atoms with Crippen LogP contribution in [0.2, 0.25) is 0 Å². The summed E-state index contributed by atoms with van der Waals surface area (Å²) in [6.07, 6.45) is -0.402. The Morgan fingerprint density at radius 1 is 1.04 bits per heavy atom. The van der Waals surface area contributed by atoms with Crippen LogP contribution in [0.25, 0.3) is 10.8 Å². The Balaban J connectivity index is 0.00000192. The van der Waals surface area contributed by atoms with Gasteiger partial charge in [-0.25, -0.2) is 9.13 Å². The molecule has 1 aliphatic heterocycles. The molecule has 28 heavy (non-hydrogen) atoms. The molecular weight excluding hydrogens is 471 g/mol. The number of carbonyl (C=O) groups excluding carboxylic acids is 2. The van der Waals surface area contributed by atoms with E-state index in [2.05, 4.69) is 0 Å². The molecule has 5 rings (SSSR count). The van der Waals surface area contributed by atoms with Gasteiger partial charge in [-0.05, 0) is 22.9 Å². The molecule has 1 fully saturated rings. The van der Waals surface area contributed by atoms with Gasteiger partial charge in [-0.1, -0.05) is 24.3 Å². The Kier molecular flexibility index (Phi) is 4.84. The average Bonchev–Trinajstić information content (AvgIpc) is 3.28. The SMILES string of the molecule is Cc1n(CC2OCCO2)c2c([n+]1C)C(=O)c1cc3ccccc3cc1C2=O.[I-]. The summed E-state index contributed by atoms with van der Waals surface area (Å²) in [6, 6.07) is 11.4. The van der Waals surface area contributed by atoms with E-state index in [0.29, 0.717) is 42.3 Å². The van der Waals surface area contributed by atoms with Gasteiger partial charge < -0.3 is 33.5 Å². The number of hydrogen-bond donors (Lipinski definition) is 0. The lowest BCUT2D eigenvalue weighted by molar-refractivity contribution is -0.679. The summed E-state index contributed by atoms with van der Waals surface area (Å²) in [5.41, 5.74) is 1.77. The van der Waals surface area contributed by atoms with Crippen LogP contribution in [0.3, 0.4) is 0 Å². The lowest BCUT2D eigenvalue weighted by Gasteiger charge is -2.15. The van der Waals surface area contributed by atoms with Crippen molar-refractivity contribution >= 4 is 22.3 Å². The largest absolute Gasteiger partial charge is 1.00 e. The number of rotatable bonds is 2. The first-order valence-electron chi connectivity index (χ1n) is 9.01. The van der Waals surface area contributed by atoms with E-state index in [-0.39, 0.29) is 35.5 Å². The number of aromatic nitrogens is 2. The summed E-state index contributed by atoms with van der Waals surface area (Å²) in [6.45, 7) is 3.37. The minimum Gasteiger partial charge on any atom is -1.00 e. The van der Waals surface area contributed by atoms with E-state index in [1.54, 1.807) is 4.57 Å². The van der Waals surface area contributed by atoms with Gasteiger partial charge >= 0.3 is 0 Å². The van der Waals surface area contributed by atoms with Crippen molar-refractivity contribution in [2.24, 2.45) is 7.05 Å². The molecule has 1 aromatic heterocycles. The second-order valence-corrected chi connectivity index (χ2v) is 6.99. The van der Waals surface area contributed by atoms with Gasteiger partial charge in [0, 0.05) is 18.1 Å². The molecule has 0 radical (unpaired) electrons. The zero-order chi connectivity index (χ0) is 18.7. The van der Waals surface area contributed by atoms with Gasteiger partial charge in [-0.3, -0.25) is 9.59 Å². The third kappa shape index (κ3) is 2.72. The number of ether oxygens (including phenoxy) is 2. The third-order valence-corrected chi connectivity index (χ3v) is 5.53. The molecule has 0 spiro atoms. The predicted molar refractivity (Wildman–Crippen MR) is 96.9 cm³/mol. The summed E-state index contributed by atoms with van der Waals surface area (Å²) in [5, 5.41) is 1.90. The monoisotopic (exact) mass is 490 g/mol. The summed E-state index contributed by atoms with van der Waals surface area (Å²) >= 11 is 0. The fourth-order valence-electron chi connectivity index (χ4n) is 4.04. The first-order chi connectivity index (χ1) is 13.1. The number of imidazole rings is 1. The Bertz CT molecular complexity index is 1130. The van der Waals surface area contributed by atoms with Crippen LogP contribution in [-0.2, 0) is 23.1 Å². The maximum Gasteiger partial charge on any atom is 0.254 e. The van der Waals surface area contributed by atoms with Crippen LogP contribution in [-0.4, -0.2) is 35.6 Å². The highest BCUT2D eigenvalue weighted by atomic mass is 127. The van der Waals surface area contributed by atoms with E-state index < -0.39 is 6.29 Å². The lowest BCUT2D eigenvalue weighted by Crippen LogP contribution is -3.00. The zero-order valence-electron chi connectivity index (χ0n) is 15.6. The number of halogens is 1. The van der Waals surface area contributed by atoms with Crippen LogP contribution < -0.4 is 28.5 Å². The molecule has 0 atom stereocenters. The van der Waals surface area contributed by atoms with Crippen molar-refractivity contribution in [1.29, 1.82) is 0 Å². The predicted octanol–water partition coefficient (Wildman–Crippen LogP) is -1.07. The highest BCUT2D eigenvalue weighted by Gasteiger charge is 2.43. The van der Waals surface area contributed by atoms with E-state index in [4.69, 9.17) is 9.47 Å². The van der Waals surface area contributed by atoms with E-state index in [1.165, 1.54) is 0 Å².